The van der Waals surface area contributed by atoms with Crippen LogP contribution in [-0.4, -0.2) is 9.55 Å². The lowest BCUT2D eigenvalue weighted by Crippen LogP contribution is -1.96. The maximum atomic E-state index is 3.89. The van der Waals surface area contributed by atoms with E-state index < -0.39 is 0 Å². The number of aromatic nitrogens is 2. The predicted octanol–water partition coefficient (Wildman–Crippen LogP) is 2.32. The number of nitrogens with zero attached hydrogens (tertiary/aromatic N) is 2. The second-order valence-corrected chi connectivity index (χ2v) is 3.33. The lowest BCUT2D eigenvalue weighted by Gasteiger charge is -2.01. The van der Waals surface area contributed by atoms with Crippen molar-refractivity contribution in [3.05, 3.63) is 54.6 Å². The average Bonchev–Trinajstić information content (AvgIpc) is 2.72. The van der Waals surface area contributed by atoms with Crippen LogP contribution in [-0.2, 0) is 13.0 Å². The summed E-state index contributed by atoms with van der Waals surface area (Å²) in [5.41, 5.74) is 1.40. The molecule has 0 aliphatic heterocycles. The molecule has 1 aromatic carbocycles. The molecule has 0 saturated heterocycles. The van der Waals surface area contributed by atoms with Crippen molar-refractivity contribution in [2.45, 2.75) is 19.4 Å². The highest BCUT2D eigenvalue weighted by atomic mass is 15.0. The minimum atomic E-state index is 1.02. The Kier molecular flexibility index (Phi) is 2.96. The molecule has 0 saturated carbocycles. The monoisotopic (exact) mass is 185 g/mol. The Morgan fingerprint density at radius 3 is 2.79 bits per heavy atom. The van der Waals surface area contributed by atoms with Crippen LogP contribution in [0.1, 0.15) is 12.0 Å². The van der Waals surface area contributed by atoms with Gasteiger partial charge in [0.15, 0.2) is 0 Å². The second kappa shape index (κ2) is 4.61. The molecule has 2 nitrogen and oxygen atoms in total. The maximum absolute atomic E-state index is 3.89. The van der Waals surface area contributed by atoms with Gasteiger partial charge in [0, 0.05) is 12.7 Å². The fourth-order valence-electron chi connectivity index (χ4n) is 1.48. The average molecular weight is 185 g/mol. The minimum absolute atomic E-state index is 1.02. The molecule has 0 N–H and O–H groups in total. The molecule has 2 rings (SSSR count). The molecular formula is C12H13N2. The van der Waals surface area contributed by atoms with Gasteiger partial charge >= 0.3 is 0 Å². The third-order valence-corrected chi connectivity index (χ3v) is 2.23. The first-order valence-corrected chi connectivity index (χ1v) is 4.87. The van der Waals surface area contributed by atoms with Gasteiger partial charge in [-0.2, -0.15) is 0 Å². The molecule has 0 bridgehead atoms. The van der Waals surface area contributed by atoms with Crippen molar-refractivity contribution in [1.82, 2.24) is 9.55 Å². The normalized spacial score (nSPS) is 10.3. The number of imidazole rings is 1. The van der Waals surface area contributed by atoms with Gasteiger partial charge in [-0.3, -0.25) is 0 Å². The molecule has 14 heavy (non-hydrogen) atoms. The Morgan fingerprint density at radius 1 is 1.21 bits per heavy atom. The molecule has 0 atom stereocenters. The Hall–Kier alpha value is -1.57. The van der Waals surface area contributed by atoms with Gasteiger partial charge in [-0.25, -0.2) is 4.98 Å². The first-order valence-electron chi connectivity index (χ1n) is 4.87. The molecule has 1 heterocycles. The van der Waals surface area contributed by atoms with Crippen LogP contribution in [0.5, 0.6) is 0 Å². The van der Waals surface area contributed by atoms with Crippen LogP contribution in [0.4, 0.5) is 0 Å². The Bertz CT molecular complexity index is 351. The molecule has 2 heteroatoms. The van der Waals surface area contributed by atoms with E-state index in [-0.39, 0.29) is 0 Å². The van der Waals surface area contributed by atoms with Crippen LogP contribution in [0.3, 0.4) is 0 Å². The number of rotatable bonds is 4. The van der Waals surface area contributed by atoms with Crippen LogP contribution < -0.4 is 0 Å². The molecule has 0 fully saturated rings. The van der Waals surface area contributed by atoms with Crippen molar-refractivity contribution in [3.8, 4) is 0 Å². The molecule has 2 aromatic rings. The Morgan fingerprint density at radius 2 is 2.07 bits per heavy atom. The molecule has 0 amide bonds. The summed E-state index contributed by atoms with van der Waals surface area (Å²) in [6.07, 6.45) is 8.75. The second-order valence-electron chi connectivity index (χ2n) is 3.33. The number of benzene rings is 1. The van der Waals surface area contributed by atoms with Crippen molar-refractivity contribution in [1.29, 1.82) is 0 Å². The SMILES string of the molecule is [c]1cn(CCCc2ccccc2)cn1. The number of hydrogen-bond acceptors (Lipinski definition) is 1. The molecule has 71 valence electrons. The van der Waals surface area contributed by atoms with Crippen molar-refractivity contribution in [3.63, 3.8) is 0 Å². The van der Waals surface area contributed by atoms with Crippen LogP contribution in [0, 0.1) is 6.20 Å². The van der Waals surface area contributed by atoms with Gasteiger partial charge in [-0.1, -0.05) is 30.3 Å². The summed E-state index contributed by atoms with van der Waals surface area (Å²) in [5.74, 6) is 0. The standard InChI is InChI=1S/C12H13N2/c1-2-5-12(6-3-1)7-4-9-14-10-8-13-11-14/h1-3,5-6,10-11H,4,7,9H2. The minimum Gasteiger partial charge on any atom is -0.337 e. The lowest BCUT2D eigenvalue weighted by molar-refractivity contribution is 0.642. The van der Waals surface area contributed by atoms with E-state index in [2.05, 4.69) is 40.0 Å². The zero-order valence-corrected chi connectivity index (χ0v) is 8.06. The third kappa shape index (κ3) is 2.46. The summed E-state index contributed by atoms with van der Waals surface area (Å²) in [6, 6.07) is 10.6. The summed E-state index contributed by atoms with van der Waals surface area (Å²) in [6.45, 7) is 1.02. The topological polar surface area (TPSA) is 17.8 Å². The fourth-order valence-corrected chi connectivity index (χ4v) is 1.48. The lowest BCUT2D eigenvalue weighted by atomic mass is 10.1. The quantitative estimate of drug-likeness (QED) is 0.714. The summed E-state index contributed by atoms with van der Waals surface area (Å²) in [5, 5.41) is 0. The van der Waals surface area contributed by atoms with Crippen LogP contribution in [0.25, 0.3) is 0 Å². The van der Waals surface area contributed by atoms with Gasteiger partial charge < -0.3 is 4.57 Å². The van der Waals surface area contributed by atoms with E-state index in [1.54, 1.807) is 0 Å². The van der Waals surface area contributed by atoms with Crippen LogP contribution in [0.2, 0.25) is 0 Å². The van der Waals surface area contributed by atoms with Gasteiger partial charge in [0.2, 0.25) is 0 Å². The van der Waals surface area contributed by atoms with Gasteiger partial charge in [0.1, 0.15) is 6.20 Å². The van der Waals surface area contributed by atoms with E-state index in [0.717, 1.165) is 19.4 Å². The summed E-state index contributed by atoms with van der Waals surface area (Å²) < 4.78 is 2.06. The fraction of sp³-hybridized carbons (Fsp3) is 0.250. The highest BCUT2D eigenvalue weighted by molar-refractivity contribution is 5.14. The third-order valence-electron chi connectivity index (χ3n) is 2.23. The molecule has 1 radical (unpaired) electrons. The van der Waals surface area contributed by atoms with Crippen molar-refractivity contribution in [2.24, 2.45) is 0 Å². The number of hydrogen-bond donors (Lipinski definition) is 0. The van der Waals surface area contributed by atoms with E-state index >= 15 is 0 Å². The van der Waals surface area contributed by atoms with E-state index in [1.807, 2.05) is 18.6 Å². The maximum Gasteiger partial charge on any atom is 0.108 e. The first kappa shape index (κ1) is 9.00. The molecule has 0 spiro atoms. The molecule has 0 unspecified atom stereocenters. The van der Waals surface area contributed by atoms with Crippen molar-refractivity contribution >= 4 is 0 Å². The highest BCUT2D eigenvalue weighted by Crippen LogP contribution is 2.03. The molecule has 1 aromatic heterocycles. The van der Waals surface area contributed by atoms with Crippen LogP contribution >= 0.6 is 0 Å². The molecule has 0 aliphatic carbocycles. The zero-order valence-electron chi connectivity index (χ0n) is 8.06. The van der Waals surface area contributed by atoms with E-state index in [4.69, 9.17) is 0 Å². The molecule has 0 aliphatic rings. The Balaban J connectivity index is 1.79. The van der Waals surface area contributed by atoms with Gasteiger partial charge in [-0.15, -0.1) is 0 Å². The first-order chi connectivity index (χ1) is 6.95. The van der Waals surface area contributed by atoms with Gasteiger partial charge in [0.05, 0.1) is 6.33 Å². The van der Waals surface area contributed by atoms with E-state index in [0.29, 0.717) is 0 Å². The molecular weight excluding hydrogens is 172 g/mol. The summed E-state index contributed by atoms with van der Waals surface area (Å²) >= 11 is 0. The zero-order chi connectivity index (χ0) is 9.64. The van der Waals surface area contributed by atoms with Gasteiger partial charge in [0.25, 0.3) is 0 Å². The number of aryl methyl sites for hydroxylation is 2. The highest BCUT2D eigenvalue weighted by Gasteiger charge is 1.92. The van der Waals surface area contributed by atoms with Gasteiger partial charge in [-0.05, 0) is 18.4 Å². The smallest absolute Gasteiger partial charge is 0.108 e. The summed E-state index contributed by atoms with van der Waals surface area (Å²) in [4.78, 5) is 3.89. The van der Waals surface area contributed by atoms with E-state index in [1.165, 1.54) is 5.56 Å². The summed E-state index contributed by atoms with van der Waals surface area (Å²) in [7, 11) is 0. The van der Waals surface area contributed by atoms with Crippen molar-refractivity contribution in [2.75, 3.05) is 0 Å². The predicted molar refractivity (Wildman–Crippen MR) is 55.8 cm³/mol. The van der Waals surface area contributed by atoms with E-state index in [9.17, 15) is 0 Å². The largest absolute Gasteiger partial charge is 0.337 e. The Labute approximate surface area is 84.2 Å². The van der Waals surface area contributed by atoms with Crippen LogP contribution in [0.15, 0.2) is 42.9 Å². The van der Waals surface area contributed by atoms with Crippen molar-refractivity contribution < 1.29 is 0 Å².